The number of ether oxygens (including phenoxy) is 3. The molecular formula is C29H25NO4. The van der Waals surface area contributed by atoms with E-state index < -0.39 is 0 Å². The lowest BCUT2D eigenvalue weighted by atomic mass is 10.0. The number of benzene rings is 4. The molecule has 0 atom stereocenters. The van der Waals surface area contributed by atoms with E-state index in [9.17, 15) is 4.79 Å². The Labute approximate surface area is 198 Å². The number of nitrogens with zero attached hydrogens (tertiary/aromatic N) is 1. The summed E-state index contributed by atoms with van der Waals surface area (Å²) in [5, 5.41) is 1.92. The molecule has 4 aromatic carbocycles. The molecule has 6 rings (SSSR count). The number of amides is 1. The second-order valence-electron chi connectivity index (χ2n) is 8.82. The van der Waals surface area contributed by atoms with Gasteiger partial charge in [-0.2, -0.15) is 0 Å². The van der Waals surface area contributed by atoms with Crippen LogP contribution in [-0.4, -0.2) is 30.8 Å². The Morgan fingerprint density at radius 3 is 2.44 bits per heavy atom. The van der Waals surface area contributed by atoms with Gasteiger partial charge in [0.15, 0.2) is 11.5 Å². The lowest BCUT2D eigenvalue weighted by molar-refractivity contribution is 0.0666. The highest BCUT2D eigenvalue weighted by atomic mass is 16.7. The number of fused-ring (bicyclic) bond motifs is 3. The van der Waals surface area contributed by atoms with Crippen molar-refractivity contribution < 1.29 is 19.0 Å². The van der Waals surface area contributed by atoms with E-state index in [1.54, 1.807) is 7.11 Å². The van der Waals surface area contributed by atoms with Crippen molar-refractivity contribution in [2.75, 3.05) is 13.9 Å². The average Bonchev–Trinajstić information content (AvgIpc) is 3.52. The van der Waals surface area contributed by atoms with Crippen molar-refractivity contribution in [3.63, 3.8) is 0 Å². The maximum atomic E-state index is 14.3. The number of rotatable bonds is 5. The first kappa shape index (κ1) is 20.6. The second-order valence-corrected chi connectivity index (χ2v) is 8.82. The highest BCUT2D eigenvalue weighted by molar-refractivity contribution is 6.09. The maximum absolute atomic E-state index is 14.3. The minimum Gasteiger partial charge on any atom is -0.496 e. The van der Waals surface area contributed by atoms with E-state index in [2.05, 4.69) is 24.3 Å². The lowest BCUT2D eigenvalue weighted by Crippen LogP contribution is -2.40. The number of carbonyl (C=O) groups excluding carboxylic acids is 1. The van der Waals surface area contributed by atoms with E-state index in [-0.39, 0.29) is 18.7 Å². The first-order valence-corrected chi connectivity index (χ1v) is 11.5. The Bertz CT molecular complexity index is 1370. The van der Waals surface area contributed by atoms with Crippen LogP contribution in [0.15, 0.2) is 78.9 Å². The van der Waals surface area contributed by atoms with Crippen LogP contribution in [0.4, 0.5) is 0 Å². The Kier molecular flexibility index (Phi) is 5.10. The van der Waals surface area contributed by atoms with Gasteiger partial charge in [0.2, 0.25) is 6.79 Å². The van der Waals surface area contributed by atoms with Gasteiger partial charge in [-0.3, -0.25) is 4.79 Å². The van der Waals surface area contributed by atoms with Crippen LogP contribution in [-0.2, 0) is 19.4 Å². The zero-order chi connectivity index (χ0) is 23.1. The SMILES string of the molecule is COc1ccc2ccccc2c1C(=O)N(Cc1ccc2c(c1)OCO2)C1Cc2ccccc2C1. The summed E-state index contributed by atoms with van der Waals surface area (Å²) in [6.45, 7) is 0.701. The number of hydrogen-bond acceptors (Lipinski definition) is 4. The summed E-state index contributed by atoms with van der Waals surface area (Å²) in [6.07, 6.45) is 1.67. The zero-order valence-corrected chi connectivity index (χ0v) is 19.0. The first-order valence-electron chi connectivity index (χ1n) is 11.5. The summed E-state index contributed by atoms with van der Waals surface area (Å²) in [4.78, 5) is 16.3. The van der Waals surface area contributed by atoms with Gasteiger partial charge in [0.1, 0.15) is 5.75 Å². The number of carbonyl (C=O) groups is 1. The molecule has 4 aromatic rings. The Balaban J connectivity index is 1.43. The van der Waals surface area contributed by atoms with E-state index in [1.165, 1.54) is 11.1 Å². The van der Waals surface area contributed by atoms with Crippen LogP contribution in [0.2, 0.25) is 0 Å². The molecular weight excluding hydrogens is 426 g/mol. The minimum absolute atomic E-state index is 0.0240. The average molecular weight is 452 g/mol. The van der Waals surface area contributed by atoms with Crippen LogP contribution in [0.1, 0.15) is 27.0 Å². The van der Waals surface area contributed by atoms with Crippen molar-refractivity contribution in [3.05, 3.63) is 101 Å². The van der Waals surface area contributed by atoms with Crippen molar-refractivity contribution >= 4 is 16.7 Å². The molecule has 0 saturated heterocycles. The van der Waals surface area contributed by atoms with E-state index in [0.29, 0.717) is 17.9 Å². The van der Waals surface area contributed by atoms with Crippen molar-refractivity contribution in [3.8, 4) is 17.2 Å². The van der Waals surface area contributed by atoms with Crippen molar-refractivity contribution in [1.29, 1.82) is 0 Å². The van der Waals surface area contributed by atoms with Crippen LogP contribution in [0.3, 0.4) is 0 Å². The quantitative estimate of drug-likeness (QED) is 0.408. The van der Waals surface area contributed by atoms with E-state index >= 15 is 0 Å². The molecule has 1 heterocycles. The van der Waals surface area contributed by atoms with Crippen LogP contribution in [0.25, 0.3) is 10.8 Å². The fourth-order valence-corrected chi connectivity index (χ4v) is 5.14. The summed E-state index contributed by atoms with van der Waals surface area (Å²) in [6, 6.07) is 26.3. The van der Waals surface area contributed by atoms with Crippen molar-refractivity contribution in [1.82, 2.24) is 4.90 Å². The normalized spacial score (nSPS) is 14.3. The molecule has 0 aromatic heterocycles. The van der Waals surface area contributed by atoms with E-state index in [0.717, 1.165) is 40.7 Å². The summed E-state index contributed by atoms with van der Waals surface area (Å²) in [7, 11) is 1.62. The van der Waals surface area contributed by atoms with Gasteiger partial charge in [0, 0.05) is 12.6 Å². The zero-order valence-electron chi connectivity index (χ0n) is 19.0. The van der Waals surface area contributed by atoms with Gasteiger partial charge in [0.25, 0.3) is 5.91 Å². The van der Waals surface area contributed by atoms with E-state index in [1.807, 2.05) is 59.5 Å². The molecule has 0 saturated carbocycles. The molecule has 34 heavy (non-hydrogen) atoms. The molecule has 0 radical (unpaired) electrons. The highest BCUT2D eigenvalue weighted by Gasteiger charge is 2.33. The molecule has 1 amide bonds. The molecule has 5 nitrogen and oxygen atoms in total. The maximum Gasteiger partial charge on any atom is 0.258 e. The summed E-state index contributed by atoms with van der Waals surface area (Å²) in [5.74, 6) is 2.03. The number of hydrogen-bond donors (Lipinski definition) is 0. The first-order chi connectivity index (χ1) is 16.7. The molecule has 2 aliphatic rings. The van der Waals surface area contributed by atoms with Gasteiger partial charge in [-0.1, -0.05) is 60.7 Å². The van der Waals surface area contributed by atoms with Gasteiger partial charge in [0.05, 0.1) is 12.7 Å². The predicted molar refractivity (Wildman–Crippen MR) is 131 cm³/mol. The standard InChI is InChI=1S/C29H25NO4/c1-32-26-13-11-20-6-4-5-9-24(20)28(26)29(31)30(23-15-21-7-2-3-8-22(21)16-23)17-19-10-12-25-27(14-19)34-18-33-25/h2-14,23H,15-18H2,1H3. The largest absolute Gasteiger partial charge is 0.496 e. The van der Waals surface area contributed by atoms with Crippen molar-refractivity contribution in [2.45, 2.75) is 25.4 Å². The Morgan fingerprint density at radius 2 is 1.65 bits per heavy atom. The highest BCUT2D eigenvalue weighted by Crippen LogP contribution is 2.36. The monoisotopic (exact) mass is 451 g/mol. The predicted octanol–water partition coefficient (Wildman–Crippen LogP) is 5.39. The molecule has 0 N–H and O–H groups in total. The van der Waals surface area contributed by atoms with Gasteiger partial charge in [-0.05, 0) is 58.5 Å². The topological polar surface area (TPSA) is 48.0 Å². The molecule has 170 valence electrons. The van der Waals surface area contributed by atoms with Crippen molar-refractivity contribution in [2.24, 2.45) is 0 Å². The van der Waals surface area contributed by atoms with E-state index in [4.69, 9.17) is 14.2 Å². The van der Waals surface area contributed by atoms with Gasteiger partial charge >= 0.3 is 0 Å². The summed E-state index contributed by atoms with van der Waals surface area (Å²) >= 11 is 0. The molecule has 0 unspecified atom stereocenters. The molecule has 5 heteroatoms. The molecule has 1 aliphatic carbocycles. The third kappa shape index (κ3) is 3.54. The van der Waals surface area contributed by atoms with Gasteiger partial charge in [-0.25, -0.2) is 0 Å². The third-order valence-electron chi connectivity index (χ3n) is 6.85. The molecule has 1 aliphatic heterocycles. The van der Waals surface area contributed by atoms with Gasteiger partial charge in [-0.15, -0.1) is 0 Å². The van der Waals surface area contributed by atoms with Crippen LogP contribution in [0.5, 0.6) is 17.2 Å². The Morgan fingerprint density at radius 1 is 0.912 bits per heavy atom. The van der Waals surface area contributed by atoms with Crippen LogP contribution in [0, 0.1) is 0 Å². The third-order valence-corrected chi connectivity index (χ3v) is 6.85. The second kappa shape index (κ2) is 8.41. The minimum atomic E-state index is -0.0240. The summed E-state index contributed by atoms with van der Waals surface area (Å²) < 4.78 is 16.7. The number of methoxy groups -OCH3 is 1. The van der Waals surface area contributed by atoms with Gasteiger partial charge < -0.3 is 19.1 Å². The molecule has 0 bridgehead atoms. The lowest BCUT2D eigenvalue weighted by Gasteiger charge is -2.30. The fraction of sp³-hybridized carbons (Fsp3) is 0.207. The van der Waals surface area contributed by atoms with Crippen LogP contribution < -0.4 is 14.2 Å². The van der Waals surface area contributed by atoms with Crippen LogP contribution >= 0.6 is 0 Å². The Hall–Kier alpha value is -3.99. The smallest absolute Gasteiger partial charge is 0.258 e. The summed E-state index contributed by atoms with van der Waals surface area (Å²) in [5.41, 5.74) is 4.23. The molecule has 0 spiro atoms. The fourth-order valence-electron chi connectivity index (χ4n) is 5.14. The molecule has 0 fully saturated rings.